The van der Waals surface area contributed by atoms with Crippen molar-refractivity contribution >= 4 is 0 Å². The lowest BCUT2D eigenvalue weighted by Gasteiger charge is -2.44. The maximum atomic E-state index is 6.44. The zero-order valence-electron chi connectivity index (χ0n) is 12.0. The Labute approximate surface area is 111 Å². The highest BCUT2D eigenvalue weighted by atomic mass is 16.5. The van der Waals surface area contributed by atoms with E-state index in [1.165, 1.54) is 45.1 Å². The first-order chi connectivity index (χ1) is 8.60. The van der Waals surface area contributed by atoms with Gasteiger partial charge in [0.2, 0.25) is 0 Å². The van der Waals surface area contributed by atoms with E-state index >= 15 is 0 Å². The van der Waals surface area contributed by atoms with Crippen LogP contribution in [0, 0.1) is 0 Å². The van der Waals surface area contributed by atoms with E-state index in [1.807, 2.05) is 0 Å². The minimum atomic E-state index is 0.285. The third-order valence-electron chi connectivity index (χ3n) is 5.25. The molecule has 3 fully saturated rings. The van der Waals surface area contributed by atoms with Gasteiger partial charge in [-0.2, -0.15) is 0 Å². The van der Waals surface area contributed by atoms with Crippen LogP contribution in [0.1, 0.15) is 52.4 Å². The minimum Gasteiger partial charge on any atom is -0.370 e. The van der Waals surface area contributed by atoms with Gasteiger partial charge in [0, 0.05) is 31.7 Å². The molecule has 1 saturated carbocycles. The average molecular weight is 252 g/mol. The van der Waals surface area contributed by atoms with E-state index in [0.29, 0.717) is 11.7 Å². The van der Waals surface area contributed by atoms with Crippen molar-refractivity contribution in [1.29, 1.82) is 0 Å². The molecule has 0 radical (unpaired) electrons. The molecule has 3 nitrogen and oxygen atoms in total. The van der Waals surface area contributed by atoms with Gasteiger partial charge in [-0.05, 0) is 39.5 Å². The Morgan fingerprint density at radius 3 is 2.72 bits per heavy atom. The summed E-state index contributed by atoms with van der Waals surface area (Å²) in [5, 5.41) is 3.50. The third kappa shape index (κ3) is 2.45. The van der Waals surface area contributed by atoms with Crippen LogP contribution in [-0.4, -0.2) is 48.3 Å². The van der Waals surface area contributed by atoms with Gasteiger partial charge in [0.05, 0.1) is 11.7 Å². The molecule has 0 aromatic heterocycles. The van der Waals surface area contributed by atoms with Crippen LogP contribution < -0.4 is 5.32 Å². The molecular weight excluding hydrogens is 224 g/mol. The van der Waals surface area contributed by atoms with Crippen molar-refractivity contribution in [3.05, 3.63) is 0 Å². The van der Waals surface area contributed by atoms with Gasteiger partial charge in [0.15, 0.2) is 0 Å². The van der Waals surface area contributed by atoms with Gasteiger partial charge >= 0.3 is 0 Å². The van der Waals surface area contributed by atoms with Gasteiger partial charge in [-0.15, -0.1) is 0 Å². The first-order valence-electron chi connectivity index (χ1n) is 7.73. The lowest BCUT2D eigenvalue weighted by molar-refractivity contribution is -0.0605. The Kier molecular flexibility index (Phi) is 3.41. The van der Waals surface area contributed by atoms with Gasteiger partial charge in [0.1, 0.15) is 0 Å². The van der Waals surface area contributed by atoms with E-state index in [4.69, 9.17) is 4.74 Å². The molecule has 0 amide bonds. The molecule has 3 aliphatic rings. The molecule has 3 rings (SSSR count). The van der Waals surface area contributed by atoms with Crippen molar-refractivity contribution in [2.75, 3.05) is 26.2 Å². The van der Waals surface area contributed by atoms with Crippen LogP contribution in [0.2, 0.25) is 0 Å². The Morgan fingerprint density at radius 1 is 1.22 bits per heavy atom. The van der Waals surface area contributed by atoms with E-state index < -0.39 is 0 Å². The summed E-state index contributed by atoms with van der Waals surface area (Å²) in [6, 6.07) is 0. The fraction of sp³-hybridized carbons (Fsp3) is 1.00. The second-order valence-corrected chi connectivity index (χ2v) is 7.10. The van der Waals surface area contributed by atoms with Crippen LogP contribution in [0.25, 0.3) is 0 Å². The summed E-state index contributed by atoms with van der Waals surface area (Å²) in [6.45, 7) is 9.22. The minimum absolute atomic E-state index is 0.285. The highest BCUT2D eigenvalue weighted by molar-refractivity contribution is 4.96. The van der Waals surface area contributed by atoms with Crippen LogP contribution >= 0.6 is 0 Å². The number of nitrogens with one attached hydrogen (secondary N) is 1. The number of hydrogen-bond acceptors (Lipinski definition) is 3. The molecule has 1 aliphatic carbocycles. The molecule has 0 bridgehead atoms. The van der Waals surface area contributed by atoms with Crippen LogP contribution in [-0.2, 0) is 4.74 Å². The summed E-state index contributed by atoms with van der Waals surface area (Å²) in [7, 11) is 0. The van der Waals surface area contributed by atoms with E-state index in [2.05, 4.69) is 24.1 Å². The van der Waals surface area contributed by atoms with Gasteiger partial charge in [-0.3, -0.25) is 4.90 Å². The Bertz CT molecular complexity index is 297. The first kappa shape index (κ1) is 12.9. The molecule has 0 aromatic rings. The molecule has 104 valence electrons. The van der Waals surface area contributed by atoms with Crippen LogP contribution in [0.15, 0.2) is 0 Å². The summed E-state index contributed by atoms with van der Waals surface area (Å²) in [5.74, 6) is 0. The average Bonchev–Trinajstić information content (AvgIpc) is 2.93. The molecule has 18 heavy (non-hydrogen) atoms. The standard InChI is InChI=1S/C15H28N2O/c1-14(2)12-16-9-10-17(14)11-13-5-8-15(18-13)6-3-4-7-15/h13,16H,3-12H2,1-2H3. The maximum Gasteiger partial charge on any atom is 0.0710 e. The predicted octanol–water partition coefficient (Wildman–Crippen LogP) is 2.16. The van der Waals surface area contributed by atoms with Gasteiger partial charge in [0.25, 0.3) is 0 Å². The van der Waals surface area contributed by atoms with Crippen LogP contribution in [0.4, 0.5) is 0 Å². The van der Waals surface area contributed by atoms with Crippen molar-refractivity contribution in [1.82, 2.24) is 10.2 Å². The second-order valence-electron chi connectivity index (χ2n) is 7.10. The van der Waals surface area contributed by atoms with Crippen LogP contribution in [0.5, 0.6) is 0 Å². The number of hydrogen-bond donors (Lipinski definition) is 1. The normalized spacial score (nSPS) is 35.3. The van der Waals surface area contributed by atoms with Crippen molar-refractivity contribution in [2.24, 2.45) is 0 Å². The largest absolute Gasteiger partial charge is 0.370 e. The summed E-state index contributed by atoms with van der Waals surface area (Å²) in [5.41, 5.74) is 0.579. The maximum absolute atomic E-state index is 6.44. The summed E-state index contributed by atoms with van der Waals surface area (Å²) in [4.78, 5) is 2.63. The SMILES string of the molecule is CC1(C)CNCCN1CC1CCC2(CCCC2)O1. The summed E-state index contributed by atoms with van der Waals surface area (Å²) >= 11 is 0. The fourth-order valence-corrected chi connectivity index (χ4v) is 4.02. The first-order valence-corrected chi connectivity index (χ1v) is 7.73. The van der Waals surface area contributed by atoms with E-state index in [-0.39, 0.29) is 5.54 Å². The molecule has 2 heterocycles. The molecule has 2 saturated heterocycles. The van der Waals surface area contributed by atoms with Crippen molar-refractivity contribution in [3.8, 4) is 0 Å². The Balaban J connectivity index is 1.57. The monoisotopic (exact) mass is 252 g/mol. The number of ether oxygens (including phenoxy) is 1. The quantitative estimate of drug-likeness (QED) is 0.815. The second kappa shape index (κ2) is 4.77. The zero-order valence-corrected chi connectivity index (χ0v) is 12.0. The van der Waals surface area contributed by atoms with Gasteiger partial charge in [-0.1, -0.05) is 12.8 Å². The fourth-order valence-electron chi connectivity index (χ4n) is 4.02. The molecule has 1 spiro atoms. The smallest absolute Gasteiger partial charge is 0.0710 e. The number of rotatable bonds is 2. The third-order valence-corrected chi connectivity index (χ3v) is 5.25. The summed E-state index contributed by atoms with van der Waals surface area (Å²) in [6.07, 6.45) is 8.46. The number of piperazine rings is 1. The lowest BCUT2D eigenvalue weighted by atomic mass is 9.97. The Hall–Kier alpha value is -0.120. The molecule has 2 aliphatic heterocycles. The molecule has 1 N–H and O–H groups in total. The predicted molar refractivity (Wildman–Crippen MR) is 73.8 cm³/mol. The lowest BCUT2D eigenvalue weighted by Crippen LogP contribution is -2.59. The van der Waals surface area contributed by atoms with E-state index in [0.717, 1.165) is 19.6 Å². The van der Waals surface area contributed by atoms with Crippen LogP contribution in [0.3, 0.4) is 0 Å². The molecule has 1 unspecified atom stereocenters. The molecule has 3 heteroatoms. The summed E-state index contributed by atoms with van der Waals surface area (Å²) < 4.78 is 6.44. The highest BCUT2D eigenvalue weighted by Gasteiger charge is 2.43. The van der Waals surface area contributed by atoms with Crippen molar-refractivity contribution < 1.29 is 4.74 Å². The molecule has 0 aromatic carbocycles. The topological polar surface area (TPSA) is 24.5 Å². The van der Waals surface area contributed by atoms with E-state index in [1.54, 1.807) is 0 Å². The van der Waals surface area contributed by atoms with Gasteiger partial charge < -0.3 is 10.1 Å². The molecular formula is C15H28N2O. The Morgan fingerprint density at radius 2 is 2.00 bits per heavy atom. The highest BCUT2D eigenvalue weighted by Crippen LogP contribution is 2.43. The van der Waals surface area contributed by atoms with Crippen molar-refractivity contribution in [2.45, 2.75) is 69.6 Å². The zero-order chi connectivity index (χ0) is 12.6. The molecule has 1 atom stereocenters. The van der Waals surface area contributed by atoms with Gasteiger partial charge in [-0.25, -0.2) is 0 Å². The van der Waals surface area contributed by atoms with Crippen molar-refractivity contribution in [3.63, 3.8) is 0 Å². The van der Waals surface area contributed by atoms with E-state index in [9.17, 15) is 0 Å². The number of nitrogens with zero attached hydrogens (tertiary/aromatic N) is 1.